The van der Waals surface area contributed by atoms with Crippen LogP contribution in [0.3, 0.4) is 0 Å². The van der Waals surface area contributed by atoms with Crippen LogP contribution in [0.25, 0.3) is 11.1 Å². The van der Waals surface area contributed by atoms with E-state index in [0.717, 1.165) is 12.6 Å². The Morgan fingerprint density at radius 1 is 1.05 bits per heavy atom. The molecule has 1 saturated heterocycles. The molecule has 0 saturated carbocycles. The summed E-state index contributed by atoms with van der Waals surface area (Å²) in [6.07, 6.45) is 6.37. The second kappa shape index (κ2) is 5.54. The molecule has 1 unspecified atom stereocenters. The lowest BCUT2D eigenvalue weighted by Crippen LogP contribution is -2.26. The maximum Gasteiger partial charge on any atom is 0.0273 e. The predicted octanol–water partition coefficient (Wildman–Crippen LogP) is 3.73. The van der Waals surface area contributed by atoms with Gasteiger partial charge in [0.1, 0.15) is 0 Å². The Morgan fingerprint density at radius 3 is 2.37 bits per heavy atom. The van der Waals surface area contributed by atoms with Crippen molar-refractivity contribution < 1.29 is 0 Å². The van der Waals surface area contributed by atoms with Crippen molar-refractivity contribution in [2.75, 3.05) is 6.54 Å². The number of hydrogen-bond acceptors (Lipinski definition) is 2. The molecule has 98 valence electrons. The van der Waals surface area contributed by atoms with Crippen molar-refractivity contribution in [1.82, 2.24) is 9.88 Å². The van der Waals surface area contributed by atoms with Crippen LogP contribution >= 0.6 is 0 Å². The molecule has 1 aliphatic rings. The van der Waals surface area contributed by atoms with Crippen LogP contribution in [0.2, 0.25) is 0 Å². The van der Waals surface area contributed by atoms with Gasteiger partial charge in [0, 0.05) is 25.0 Å². The van der Waals surface area contributed by atoms with E-state index in [0.29, 0.717) is 0 Å². The van der Waals surface area contributed by atoms with E-state index in [1.165, 1.54) is 36.1 Å². The normalized spacial score (nSPS) is 19.7. The van der Waals surface area contributed by atoms with E-state index in [1.54, 1.807) is 0 Å². The van der Waals surface area contributed by atoms with Crippen molar-refractivity contribution in [3.05, 3.63) is 54.4 Å². The van der Waals surface area contributed by atoms with Gasteiger partial charge in [-0.2, -0.15) is 0 Å². The van der Waals surface area contributed by atoms with Crippen molar-refractivity contribution in [1.29, 1.82) is 0 Å². The molecule has 0 N–H and O–H groups in total. The molecule has 1 aromatic carbocycles. The van der Waals surface area contributed by atoms with Crippen molar-refractivity contribution >= 4 is 0 Å². The molecule has 1 aliphatic heterocycles. The van der Waals surface area contributed by atoms with Crippen molar-refractivity contribution in [2.24, 2.45) is 0 Å². The molecule has 1 atom stereocenters. The Kier molecular flexibility index (Phi) is 3.60. The van der Waals surface area contributed by atoms with Gasteiger partial charge in [-0.15, -0.1) is 0 Å². The van der Waals surface area contributed by atoms with Gasteiger partial charge in [0.15, 0.2) is 0 Å². The lowest BCUT2D eigenvalue weighted by molar-refractivity contribution is 0.260. The zero-order valence-electron chi connectivity index (χ0n) is 11.4. The molecule has 1 fully saturated rings. The van der Waals surface area contributed by atoms with Crippen molar-refractivity contribution in [2.45, 2.75) is 32.4 Å². The molecule has 2 aromatic rings. The third kappa shape index (κ3) is 2.85. The molecular formula is C17H20N2. The zero-order chi connectivity index (χ0) is 13.1. The summed E-state index contributed by atoms with van der Waals surface area (Å²) < 4.78 is 0. The summed E-state index contributed by atoms with van der Waals surface area (Å²) in [4.78, 5) is 6.63. The van der Waals surface area contributed by atoms with Crippen LogP contribution in [0, 0.1) is 0 Å². The Labute approximate surface area is 115 Å². The highest BCUT2D eigenvalue weighted by Crippen LogP contribution is 2.22. The van der Waals surface area contributed by atoms with E-state index in [-0.39, 0.29) is 0 Å². The van der Waals surface area contributed by atoms with Crippen LogP contribution in [0.1, 0.15) is 25.3 Å². The first-order chi connectivity index (χ1) is 9.33. The summed E-state index contributed by atoms with van der Waals surface area (Å²) in [6, 6.07) is 13.8. The average molecular weight is 252 g/mol. The van der Waals surface area contributed by atoms with E-state index in [1.807, 2.05) is 12.4 Å². The Morgan fingerprint density at radius 2 is 1.74 bits per heavy atom. The van der Waals surface area contributed by atoms with Gasteiger partial charge in [-0.3, -0.25) is 9.88 Å². The maximum atomic E-state index is 4.06. The first-order valence-corrected chi connectivity index (χ1v) is 7.06. The lowest BCUT2D eigenvalue weighted by Gasteiger charge is -2.21. The fraction of sp³-hybridized carbons (Fsp3) is 0.353. The Hall–Kier alpha value is -1.67. The Bertz CT molecular complexity index is 519. The van der Waals surface area contributed by atoms with Crippen molar-refractivity contribution in [3.63, 3.8) is 0 Å². The monoisotopic (exact) mass is 252 g/mol. The highest BCUT2D eigenvalue weighted by molar-refractivity contribution is 5.62. The van der Waals surface area contributed by atoms with Gasteiger partial charge < -0.3 is 0 Å². The average Bonchev–Trinajstić information content (AvgIpc) is 2.86. The standard InChI is InChI=1S/C17H20N2/c1-14-3-2-12-19(14)13-15-4-6-16(7-5-15)17-8-10-18-11-9-17/h4-11,14H,2-3,12-13H2,1H3. The molecule has 0 radical (unpaired) electrons. The summed E-state index contributed by atoms with van der Waals surface area (Å²) in [5.74, 6) is 0. The minimum absolute atomic E-state index is 0.736. The van der Waals surface area contributed by atoms with Crippen LogP contribution in [0.15, 0.2) is 48.8 Å². The smallest absolute Gasteiger partial charge is 0.0273 e. The number of aromatic nitrogens is 1. The quantitative estimate of drug-likeness (QED) is 0.827. The zero-order valence-corrected chi connectivity index (χ0v) is 11.4. The minimum Gasteiger partial charge on any atom is -0.296 e. The van der Waals surface area contributed by atoms with Crippen LogP contribution in [0.4, 0.5) is 0 Å². The molecule has 2 nitrogen and oxygen atoms in total. The highest BCUT2D eigenvalue weighted by atomic mass is 15.2. The topological polar surface area (TPSA) is 16.1 Å². The minimum atomic E-state index is 0.736. The molecule has 0 bridgehead atoms. The molecule has 0 spiro atoms. The lowest BCUT2D eigenvalue weighted by atomic mass is 10.0. The number of likely N-dealkylation sites (tertiary alicyclic amines) is 1. The first-order valence-electron chi connectivity index (χ1n) is 7.06. The van der Waals surface area contributed by atoms with E-state index >= 15 is 0 Å². The summed E-state index contributed by atoms with van der Waals surface area (Å²) in [5, 5.41) is 0. The maximum absolute atomic E-state index is 4.06. The van der Waals surface area contributed by atoms with Crippen LogP contribution < -0.4 is 0 Å². The number of hydrogen-bond donors (Lipinski definition) is 0. The summed E-state index contributed by atoms with van der Waals surface area (Å²) in [5.41, 5.74) is 3.91. The number of nitrogens with zero attached hydrogens (tertiary/aromatic N) is 2. The van der Waals surface area contributed by atoms with Gasteiger partial charge >= 0.3 is 0 Å². The van der Waals surface area contributed by atoms with Gasteiger partial charge in [0.25, 0.3) is 0 Å². The van der Waals surface area contributed by atoms with Crippen LogP contribution in [0.5, 0.6) is 0 Å². The SMILES string of the molecule is CC1CCCN1Cc1ccc(-c2ccncc2)cc1. The van der Waals surface area contributed by atoms with Gasteiger partial charge in [0.2, 0.25) is 0 Å². The van der Waals surface area contributed by atoms with Gasteiger partial charge in [-0.05, 0) is 55.1 Å². The number of pyridine rings is 1. The summed E-state index contributed by atoms with van der Waals surface area (Å²) >= 11 is 0. The third-order valence-corrected chi connectivity index (χ3v) is 4.04. The second-order valence-electron chi connectivity index (χ2n) is 5.39. The molecule has 1 aromatic heterocycles. The van der Waals surface area contributed by atoms with Gasteiger partial charge in [0.05, 0.1) is 0 Å². The molecular weight excluding hydrogens is 232 g/mol. The van der Waals surface area contributed by atoms with E-state index in [2.05, 4.69) is 53.2 Å². The molecule has 2 heteroatoms. The van der Waals surface area contributed by atoms with Crippen LogP contribution in [-0.4, -0.2) is 22.5 Å². The second-order valence-corrected chi connectivity index (χ2v) is 5.39. The third-order valence-electron chi connectivity index (χ3n) is 4.04. The fourth-order valence-corrected chi connectivity index (χ4v) is 2.81. The largest absolute Gasteiger partial charge is 0.296 e. The molecule has 3 rings (SSSR count). The molecule has 19 heavy (non-hydrogen) atoms. The van der Waals surface area contributed by atoms with Crippen molar-refractivity contribution in [3.8, 4) is 11.1 Å². The van der Waals surface area contributed by atoms with E-state index < -0.39 is 0 Å². The van der Waals surface area contributed by atoms with Gasteiger partial charge in [-0.25, -0.2) is 0 Å². The van der Waals surface area contributed by atoms with Gasteiger partial charge in [-0.1, -0.05) is 24.3 Å². The molecule has 0 aliphatic carbocycles. The predicted molar refractivity (Wildman–Crippen MR) is 78.8 cm³/mol. The summed E-state index contributed by atoms with van der Waals surface area (Å²) in [6.45, 7) is 4.66. The van der Waals surface area contributed by atoms with E-state index in [4.69, 9.17) is 0 Å². The molecule has 0 amide bonds. The highest BCUT2D eigenvalue weighted by Gasteiger charge is 2.19. The number of benzene rings is 1. The van der Waals surface area contributed by atoms with Crippen LogP contribution in [-0.2, 0) is 6.54 Å². The van der Waals surface area contributed by atoms with E-state index in [9.17, 15) is 0 Å². The Balaban J connectivity index is 1.72. The first kappa shape index (κ1) is 12.4. The summed E-state index contributed by atoms with van der Waals surface area (Å²) in [7, 11) is 0. The fourth-order valence-electron chi connectivity index (χ4n) is 2.81. The number of rotatable bonds is 3. The molecule has 2 heterocycles.